The average Bonchev–Trinajstić information content (AvgIpc) is 2.81. The average molecular weight is 420 g/mol. The van der Waals surface area contributed by atoms with Crippen molar-refractivity contribution in [2.75, 3.05) is 43.5 Å². The summed E-state index contributed by atoms with van der Waals surface area (Å²) in [5.41, 5.74) is 3.46. The predicted molar refractivity (Wildman–Crippen MR) is 121 cm³/mol. The highest BCUT2D eigenvalue weighted by Gasteiger charge is 2.19. The molecule has 1 aliphatic rings. The predicted octanol–water partition coefficient (Wildman–Crippen LogP) is 4.41. The first kappa shape index (κ1) is 20.9. The number of hydrogen-bond acceptors (Lipinski definition) is 4. The van der Waals surface area contributed by atoms with Crippen molar-refractivity contribution in [1.29, 1.82) is 0 Å². The summed E-state index contributed by atoms with van der Waals surface area (Å²) in [4.78, 5) is 17.2. The highest BCUT2D eigenvalue weighted by atomic mass is 19.1. The van der Waals surface area contributed by atoms with Gasteiger partial charge < -0.3 is 15.0 Å². The molecule has 0 saturated carbocycles. The van der Waals surface area contributed by atoms with Crippen LogP contribution in [0.4, 0.5) is 15.8 Å². The van der Waals surface area contributed by atoms with Gasteiger partial charge in [-0.05, 0) is 54.1 Å². The molecule has 3 aromatic carbocycles. The smallest absolute Gasteiger partial charge is 0.255 e. The van der Waals surface area contributed by atoms with Crippen molar-refractivity contribution < 1.29 is 13.9 Å². The number of halogens is 1. The van der Waals surface area contributed by atoms with Crippen LogP contribution >= 0.6 is 0 Å². The lowest BCUT2D eigenvalue weighted by Crippen LogP contribution is -2.46. The Hall–Kier alpha value is -3.38. The SMILES string of the molecule is COc1ccccc1N1CCN(Cc2ccc(C(=O)Nc3ccc(F)cc3)cc2)CC1. The van der Waals surface area contributed by atoms with Crippen molar-refractivity contribution in [3.63, 3.8) is 0 Å². The van der Waals surface area contributed by atoms with E-state index in [1.807, 2.05) is 42.5 Å². The molecule has 0 unspecified atom stereocenters. The zero-order valence-corrected chi connectivity index (χ0v) is 17.6. The zero-order chi connectivity index (χ0) is 21.6. The topological polar surface area (TPSA) is 44.8 Å². The van der Waals surface area contributed by atoms with Crippen molar-refractivity contribution in [2.24, 2.45) is 0 Å². The van der Waals surface area contributed by atoms with E-state index in [-0.39, 0.29) is 11.7 Å². The minimum absolute atomic E-state index is 0.205. The van der Waals surface area contributed by atoms with Gasteiger partial charge in [0.25, 0.3) is 5.91 Å². The monoisotopic (exact) mass is 419 g/mol. The van der Waals surface area contributed by atoms with Crippen molar-refractivity contribution in [1.82, 2.24) is 4.90 Å². The Morgan fingerprint density at radius 1 is 0.935 bits per heavy atom. The fourth-order valence-electron chi connectivity index (χ4n) is 3.79. The third-order valence-corrected chi connectivity index (χ3v) is 5.52. The maximum atomic E-state index is 13.0. The van der Waals surface area contributed by atoms with Gasteiger partial charge in [-0.1, -0.05) is 24.3 Å². The molecule has 1 aliphatic heterocycles. The van der Waals surface area contributed by atoms with Crippen LogP contribution in [0.15, 0.2) is 72.8 Å². The van der Waals surface area contributed by atoms with E-state index in [0.717, 1.165) is 44.2 Å². The van der Waals surface area contributed by atoms with Crippen LogP contribution in [-0.4, -0.2) is 44.1 Å². The van der Waals surface area contributed by atoms with Crippen LogP contribution in [0.5, 0.6) is 5.75 Å². The molecule has 0 bridgehead atoms. The number of carbonyl (C=O) groups excluding carboxylic acids is 1. The molecule has 1 fully saturated rings. The number of nitrogens with one attached hydrogen (secondary N) is 1. The van der Waals surface area contributed by atoms with E-state index >= 15 is 0 Å². The Bertz CT molecular complexity index is 1010. The van der Waals surface area contributed by atoms with E-state index < -0.39 is 0 Å². The number of piperazine rings is 1. The molecular weight excluding hydrogens is 393 g/mol. The lowest BCUT2D eigenvalue weighted by atomic mass is 10.1. The minimum Gasteiger partial charge on any atom is -0.495 e. The van der Waals surface area contributed by atoms with Gasteiger partial charge in [-0.2, -0.15) is 0 Å². The third-order valence-electron chi connectivity index (χ3n) is 5.52. The van der Waals surface area contributed by atoms with Crippen LogP contribution in [0.25, 0.3) is 0 Å². The Morgan fingerprint density at radius 3 is 2.29 bits per heavy atom. The van der Waals surface area contributed by atoms with E-state index in [1.165, 1.54) is 17.7 Å². The quantitative estimate of drug-likeness (QED) is 0.643. The second-order valence-electron chi connectivity index (χ2n) is 7.59. The number of para-hydroxylation sites is 2. The highest BCUT2D eigenvalue weighted by molar-refractivity contribution is 6.04. The Labute approximate surface area is 182 Å². The van der Waals surface area contributed by atoms with E-state index in [4.69, 9.17) is 4.74 Å². The maximum Gasteiger partial charge on any atom is 0.255 e. The van der Waals surface area contributed by atoms with Gasteiger partial charge in [0.05, 0.1) is 12.8 Å². The van der Waals surface area contributed by atoms with Gasteiger partial charge in [0.15, 0.2) is 0 Å². The van der Waals surface area contributed by atoms with Crippen LogP contribution in [-0.2, 0) is 6.54 Å². The number of carbonyl (C=O) groups is 1. The Kier molecular flexibility index (Phi) is 6.48. The standard InChI is InChI=1S/C25H26FN3O2/c1-31-24-5-3-2-4-23(24)29-16-14-28(15-17-29)18-19-6-8-20(9-7-19)25(30)27-22-12-10-21(26)11-13-22/h2-13H,14-18H2,1H3,(H,27,30). The molecule has 0 aliphatic carbocycles. The molecule has 5 nitrogen and oxygen atoms in total. The fraction of sp³-hybridized carbons (Fsp3) is 0.240. The number of benzene rings is 3. The number of amides is 1. The summed E-state index contributed by atoms with van der Waals surface area (Å²) in [7, 11) is 1.71. The molecule has 0 spiro atoms. The van der Waals surface area contributed by atoms with Crippen molar-refractivity contribution in [2.45, 2.75) is 6.54 Å². The summed E-state index contributed by atoms with van der Waals surface area (Å²) in [6.07, 6.45) is 0. The van der Waals surface area contributed by atoms with Gasteiger partial charge >= 0.3 is 0 Å². The maximum absolute atomic E-state index is 13.0. The van der Waals surface area contributed by atoms with Crippen LogP contribution in [0, 0.1) is 5.82 Å². The van der Waals surface area contributed by atoms with Gasteiger partial charge in [0.2, 0.25) is 0 Å². The first-order chi connectivity index (χ1) is 15.1. The summed E-state index contributed by atoms with van der Waals surface area (Å²) in [5, 5.41) is 2.78. The largest absolute Gasteiger partial charge is 0.495 e. The van der Waals surface area contributed by atoms with Crippen molar-refractivity contribution in [3.8, 4) is 5.75 Å². The number of hydrogen-bond donors (Lipinski definition) is 1. The van der Waals surface area contributed by atoms with E-state index in [0.29, 0.717) is 11.3 Å². The second-order valence-corrected chi connectivity index (χ2v) is 7.59. The first-order valence-corrected chi connectivity index (χ1v) is 10.4. The van der Waals surface area contributed by atoms with Gasteiger partial charge in [0, 0.05) is 44.0 Å². The normalized spacial score (nSPS) is 14.3. The molecule has 160 valence electrons. The van der Waals surface area contributed by atoms with E-state index in [1.54, 1.807) is 19.2 Å². The fourth-order valence-corrected chi connectivity index (χ4v) is 3.79. The number of ether oxygens (including phenoxy) is 1. The minimum atomic E-state index is -0.328. The lowest BCUT2D eigenvalue weighted by molar-refractivity contribution is 0.102. The zero-order valence-electron chi connectivity index (χ0n) is 17.6. The molecule has 0 radical (unpaired) electrons. The van der Waals surface area contributed by atoms with Crippen LogP contribution in [0.2, 0.25) is 0 Å². The van der Waals surface area contributed by atoms with E-state index in [9.17, 15) is 9.18 Å². The molecular formula is C25H26FN3O2. The number of rotatable bonds is 6. The van der Waals surface area contributed by atoms with Crippen molar-refractivity contribution >= 4 is 17.3 Å². The number of anilines is 2. The highest BCUT2D eigenvalue weighted by Crippen LogP contribution is 2.28. The Balaban J connectivity index is 1.30. The summed E-state index contributed by atoms with van der Waals surface area (Å²) in [5.74, 6) is 0.375. The molecule has 1 heterocycles. The molecule has 4 rings (SSSR count). The van der Waals surface area contributed by atoms with Crippen LogP contribution in [0.1, 0.15) is 15.9 Å². The molecule has 31 heavy (non-hydrogen) atoms. The second kappa shape index (κ2) is 9.62. The third kappa shape index (κ3) is 5.22. The van der Waals surface area contributed by atoms with Gasteiger partial charge in [0.1, 0.15) is 11.6 Å². The molecule has 6 heteroatoms. The van der Waals surface area contributed by atoms with Crippen LogP contribution in [0.3, 0.4) is 0 Å². The summed E-state index contributed by atoms with van der Waals surface area (Å²) < 4.78 is 18.5. The molecule has 0 atom stereocenters. The Morgan fingerprint density at radius 2 is 1.61 bits per heavy atom. The van der Waals surface area contributed by atoms with Crippen LogP contribution < -0.4 is 15.0 Å². The number of nitrogens with zero attached hydrogens (tertiary/aromatic N) is 2. The first-order valence-electron chi connectivity index (χ1n) is 10.4. The molecule has 3 aromatic rings. The summed E-state index contributed by atoms with van der Waals surface area (Å²) in [6, 6.07) is 21.5. The van der Waals surface area contributed by atoms with Gasteiger partial charge in [-0.25, -0.2) is 4.39 Å². The van der Waals surface area contributed by atoms with Gasteiger partial charge in [-0.3, -0.25) is 9.69 Å². The summed E-state index contributed by atoms with van der Waals surface area (Å²) >= 11 is 0. The number of methoxy groups -OCH3 is 1. The van der Waals surface area contributed by atoms with Crippen molar-refractivity contribution in [3.05, 3.63) is 89.7 Å². The lowest BCUT2D eigenvalue weighted by Gasteiger charge is -2.36. The van der Waals surface area contributed by atoms with Gasteiger partial charge in [-0.15, -0.1) is 0 Å². The molecule has 1 N–H and O–H groups in total. The molecule has 1 amide bonds. The molecule has 1 saturated heterocycles. The summed E-state index contributed by atoms with van der Waals surface area (Å²) in [6.45, 7) is 4.66. The van der Waals surface area contributed by atoms with E-state index in [2.05, 4.69) is 21.2 Å². The molecule has 0 aromatic heterocycles.